The van der Waals surface area contributed by atoms with Crippen LogP contribution in [0, 0.1) is 0 Å². The van der Waals surface area contributed by atoms with Crippen molar-refractivity contribution in [2.45, 2.75) is 78.1 Å². The first kappa shape index (κ1) is 26.5. The Morgan fingerprint density at radius 1 is 0.818 bits per heavy atom. The van der Waals surface area contributed by atoms with Gasteiger partial charge in [-0.3, -0.25) is 4.79 Å². The number of unbranched alkanes of at least 4 members (excludes halogenated alkanes) is 6. The van der Waals surface area contributed by atoms with Gasteiger partial charge in [-0.15, -0.1) is 34.0 Å². The molecule has 180 valence electrons. The van der Waals surface area contributed by atoms with Crippen LogP contribution < -0.4 is 5.32 Å². The minimum absolute atomic E-state index is 0.00856. The average molecular weight is 520 g/mol. The highest BCUT2D eigenvalue weighted by Gasteiger charge is 2.19. The number of carbonyl (C=O) groups excluding carboxylic acids is 1. The third-order valence-electron chi connectivity index (χ3n) is 5.72. The van der Waals surface area contributed by atoms with Crippen LogP contribution in [0.5, 0.6) is 0 Å². The van der Waals surface area contributed by atoms with Gasteiger partial charge in [-0.2, -0.15) is 12.6 Å². The lowest BCUT2D eigenvalue weighted by atomic mass is 10.1. The first-order valence-corrected chi connectivity index (χ1v) is 15.5. The molecule has 3 rings (SSSR count). The Bertz CT molecular complexity index is 916. The second-order valence-electron chi connectivity index (χ2n) is 8.49. The van der Waals surface area contributed by atoms with Gasteiger partial charge < -0.3 is 5.32 Å². The summed E-state index contributed by atoms with van der Waals surface area (Å²) >= 11 is 9.63. The molecule has 33 heavy (non-hydrogen) atoms. The van der Waals surface area contributed by atoms with Crippen molar-refractivity contribution < 1.29 is 4.79 Å². The standard InChI is InChI=1S/C27H37NOS4/c1-3-5-7-9-11-20-13-15-23(31-20)22-19-25(27(29)28-17-18-30)33-26(22)24-16-14-21(32-24)12-10-8-6-4-2/h13-16,19,30H,3-12,17-18H2,1-2H3,(H,28,29). The van der Waals surface area contributed by atoms with Gasteiger partial charge in [0, 0.05) is 37.4 Å². The van der Waals surface area contributed by atoms with E-state index >= 15 is 0 Å². The molecule has 1 amide bonds. The largest absolute Gasteiger partial charge is 0.351 e. The Morgan fingerprint density at radius 3 is 2.03 bits per heavy atom. The summed E-state index contributed by atoms with van der Waals surface area (Å²) < 4.78 is 0. The Balaban J connectivity index is 1.82. The maximum Gasteiger partial charge on any atom is 0.261 e. The summed E-state index contributed by atoms with van der Waals surface area (Å²) in [6.45, 7) is 5.10. The molecule has 0 aliphatic rings. The van der Waals surface area contributed by atoms with Crippen molar-refractivity contribution in [3.05, 3.63) is 45.0 Å². The normalized spacial score (nSPS) is 11.2. The quantitative estimate of drug-likeness (QED) is 0.152. The first-order valence-electron chi connectivity index (χ1n) is 12.4. The molecule has 0 radical (unpaired) electrons. The molecule has 0 unspecified atom stereocenters. The number of thiophene rings is 3. The Kier molecular flexibility index (Phi) is 11.5. The third kappa shape index (κ3) is 7.98. The molecule has 1 N–H and O–H groups in total. The van der Waals surface area contributed by atoms with E-state index in [1.54, 1.807) is 11.3 Å². The van der Waals surface area contributed by atoms with Gasteiger partial charge in [0.05, 0.1) is 9.75 Å². The molecule has 0 bridgehead atoms. The van der Waals surface area contributed by atoms with Crippen LogP contribution >= 0.6 is 46.6 Å². The van der Waals surface area contributed by atoms with Crippen LogP contribution in [0.4, 0.5) is 0 Å². The third-order valence-corrected chi connectivity index (χ3v) is 9.58. The smallest absolute Gasteiger partial charge is 0.261 e. The van der Waals surface area contributed by atoms with Gasteiger partial charge in [0.2, 0.25) is 0 Å². The zero-order valence-corrected chi connectivity index (χ0v) is 23.3. The van der Waals surface area contributed by atoms with Crippen molar-refractivity contribution in [2.75, 3.05) is 12.3 Å². The van der Waals surface area contributed by atoms with Gasteiger partial charge in [0.1, 0.15) is 0 Å². The minimum Gasteiger partial charge on any atom is -0.351 e. The van der Waals surface area contributed by atoms with Gasteiger partial charge in [-0.05, 0) is 56.0 Å². The molecule has 0 atom stereocenters. The fourth-order valence-electron chi connectivity index (χ4n) is 3.87. The highest BCUT2D eigenvalue weighted by Crippen LogP contribution is 2.44. The molecular formula is C27H37NOS4. The summed E-state index contributed by atoms with van der Waals surface area (Å²) in [6.07, 6.45) is 12.6. The fraction of sp³-hybridized carbons (Fsp3) is 0.519. The molecule has 0 saturated heterocycles. The minimum atomic E-state index is 0.00856. The number of aryl methyl sites for hydroxylation is 2. The predicted molar refractivity (Wildman–Crippen MR) is 153 cm³/mol. The lowest BCUT2D eigenvalue weighted by molar-refractivity contribution is 0.0960. The van der Waals surface area contributed by atoms with E-state index in [2.05, 4.69) is 62.1 Å². The monoisotopic (exact) mass is 519 g/mol. The van der Waals surface area contributed by atoms with Crippen LogP contribution in [-0.2, 0) is 12.8 Å². The average Bonchev–Trinajstić information content (AvgIpc) is 3.57. The molecule has 3 heterocycles. The second kappa shape index (κ2) is 14.3. The first-order chi connectivity index (χ1) is 16.2. The van der Waals surface area contributed by atoms with Crippen molar-refractivity contribution >= 4 is 52.5 Å². The van der Waals surface area contributed by atoms with Gasteiger partial charge in [0.15, 0.2) is 0 Å². The maximum atomic E-state index is 12.7. The molecule has 6 heteroatoms. The predicted octanol–water partition coefficient (Wildman–Crippen LogP) is 9.11. The summed E-state index contributed by atoms with van der Waals surface area (Å²) in [6, 6.07) is 11.2. The Hall–Kier alpha value is -1.08. The molecule has 0 fully saturated rings. The number of thiol groups is 1. The van der Waals surface area contributed by atoms with E-state index in [0.717, 1.165) is 17.7 Å². The SMILES string of the molecule is CCCCCCc1ccc(-c2cc(C(=O)NCCS)sc2-c2ccc(CCCCCC)s2)s1. The van der Waals surface area contributed by atoms with Crippen LogP contribution in [0.1, 0.15) is 84.6 Å². The number of rotatable bonds is 15. The van der Waals surface area contributed by atoms with Crippen LogP contribution in [0.3, 0.4) is 0 Å². The van der Waals surface area contributed by atoms with E-state index in [4.69, 9.17) is 0 Å². The molecule has 0 aliphatic heterocycles. The van der Waals surface area contributed by atoms with Crippen molar-refractivity contribution in [3.8, 4) is 20.2 Å². The molecule has 0 spiro atoms. The maximum absolute atomic E-state index is 12.7. The molecular weight excluding hydrogens is 483 g/mol. The van der Waals surface area contributed by atoms with E-state index in [-0.39, 0.29) is 5.91 Å². The molecule has 2 nitrogen and oxygen atoms in total. The lowest BCUT2D eigenvalue weighted by Gasteiger charge is -2.00. The number of hydrogen-bond donors (Lipinski definition) is 2. The zero-order chi connectivity index (χ0) is 23.5. The van der Waals surface area contributed by atoms with Crippen LogP contribution in [0.2, 0.25) is 0 Å². The highest BCUT2D eigenvalue weighted by atomic mass is 32.1. The molecule has 0 aliphatic carbocycles. The topological polar surface area (TPSA) is 29.1 Å². The number of amides is 1. The lowest BCUT2D eigenvalue weighted by Crippen LogP contribution is -2.24. The van der Waals surface area contributed by atoms with Crippen molar-refractivity contribution in [2.24, 2.45) is 0 Å². The summed E-state index contributed by atoms with van der Waals surface area (Å²) in [4.78, 5) is 20.2. The highest BCUT2D eigenvalue weighted by molar-refractivity contribution is 7.80. The molecule has 3 aromatic rings. The van der Waals surface area contributed by atoms with Crippen LogP contribution in [0.25, 0.3) is 20.2 Å². The van der Waals surface area contributed by atoms with E-state index in [0.29, 0.717) is 12.3 Å². The number of nitrogens with one attached hydrogen (secondary N) is 1. The Morgan fingerprint density at radius 2 is 1.42 bits per heavy atom. The summed E-state index contributed by atoms with van der Waals surface area (Å²) in [5.41, 5.74) is 1.21. The molecule has 3 aromatic heterocycles. The summed E-state index contributed by atoms with van der Waals surface area (Å²) in [5, 5.41) is 2.98. The van der Waals surface area contributed by atoms with Crippen molar-refractivity contribution in [1.29, 1.82) is 0 Å². The van der Waals surface area contributed by atoms with Crippen molar-refractivity contribution in [1.82, 2.24) is 5.32 Å². The summed E-state index contributed by atoms with van der Waals surface area (Å²) in [5.74, 6) is 0.657. The van der Waals surface area contributed by atoms with Crippen molar-refractivity contribution in [3.63, 3.8) is 0 Å². The summed E-state index contributed by atoms with van der Waals surface area (Å²) in [7, 11) is 0. The molecule has 0 aromatic carbocycles. The van der Waals surface area contributed by atoms with Crippen LogP contribution in [-0.4, -0.2) is 18.2 Å². The van der Waals surface area contributed by atoms with Gasteiger partial charge >= 0.3 is 0 Å². The number of hydrogen-bond acceptors (Lipinski definition) is 5. The van der Waals surface area contributed by atoms with Crippen LogP contribution in [0.15, 0.2) is 30.3 Å². The van der Waals surface area contributed by atoms with E-state index < -0.39 is 0 Å². The van der Waals surface area contributed by atoms with Gasteiger partial charge in [-0.25, -0.2) is 0 Å². The Labute approximate surface area is 217 Å². The van der Waals surface area contributed by atoms with Gasteiger partial charge in [-0.1, -0.05) is 52.4 Å². The van der Waals surface area contributed by atoms with Gasteiger partial charge in [0.25, 0.3) is 5.91 Å². The number of carbonyl (C=O) groups is 1. The van der Waals surface area contributed by atoms with E-state index in [1.165, 1.54) is 81.3 Å². The van der Waals surface area contributed by atoms with E-state index in [9.17, 15) is 4.79 Å². The second-order valence-corrected chi connectivity index (χ2v) is 12.3. The van der Waals surface area contributed by atoms with E-state index in [1.807, 2.05) is 22.7 Å². The fourth-order valence-corrected chi connectivity index (χ4v) is 7.38. The molecule has 0 saturated carbocycles. The zero-order valence-electron chi connectivity index (χ0n) is 20.0.